The van der Waals surface area contributed by atoms with E-state index >= 15 is 0 Å². The maximum absolute atomic E-state index is 12.8. The van der Waals surface area contributed by atoms with Gasteiger partial charge in [-0.2, -0.15) is 17.5 Å². The Kier molecular flexibility index (Phi) is 4.04. The Morgan fingerprint density at radius 2 is 1.95 bits per heavy atom. The molecule has 0 spiro atoms. The number of carbonyl (C=O) groups excluding carboxylic acids is 1. The Balaban J connectivity index is 2.43. The molecular weight excluding hydrogens is 301 g/mol. The Bertz CT molecular complexity index is 692. The predicted molar refractivity (Wildman–Crippen MR) is 76.3 cm³/mol. The van der Waals surface area contributed by atoms with E-state index in [9.17, 15) is 18.0 Å². The number of alkyl halides is 3. The fraction of sp³-hybridized carbons (Fsp3) is 0.286. The topological polar surface area (TPSA) is 42.0 Å². The second kappa shape index (κ2) is 5.48. The van der Waals surface area contributed by atoms with Gasteiger partial charge >= 0.3 is 6.18 Å². The zero-order chi connectivity index (χ0) is 15.8. The second-order valence-corrected chi connectivity index (χ2v) is 5.45. The summed E-state index contributed by atoms with van der Waals surface area (Å²) < 4.78 is 42.3. The van der Waals surface area contributed by atoms with Crippen LogP contribution < -0.4 is 5.32 Å². The van der Waals surface area contributed by atoms with Gasteiger partial charge in [-0.15, -0.1) is 0 Å². The summed E-state index contributed by atoms with van der Waals surface area (Å²) in [5, 5.41) is 3.35. The van der Waals surface area contributed by atoms with Crippen LogP contribution in [0.25, 0.3) is 0 Å². The van der Waals surface area contributed by atoms with Gasteiger partial charge in [0, 0.05) is 5.69 Å². The molecule has 1 aromatic carbocycles. The van der Waals surface area contributed by atoms with Crippen molar-refractivity contribution in [3.8, 4) is 0 Å². The molecule has 0 unspecified atom stereocenters. The lowest BCUT2D eigenvalue weighted by Crippen LogP contribution is -2.06. The molecule has 0 aliphatic heterocycles. The molecule has 0 bridgehead atoms. The lowest BCUT2D eigenvalue weighted by atomic mass is 10.1. The van der Waals surface area contributed by atoms with Crippen molar-refractivity contribution in [2.45, 2.75) is 26.9 Å². The van der Waals surface area contributed by atoms with E-state index in [-0.39, 0.29) is 5.78 Å². The zero-order valence-electron chi connectivity index (χ0n) is 11.6. The monoisotopic (exact) mass is 314 g/mol. The molecule has 0 saturated heterocycles. The molecule has 7 heteroatoms. The summed E-state index contributed by atoms with van der Waals surface area (Å²) in [6.07, 6.45) is -4.41. The molecule has 0 atom stereocenters. The van der Waals surface area contributed by atoms with Crippen molar-refractivity contribution in [1.29, 1.82) is 0 Å². The molecule has 2 aromatic rings. The van der Waals surface area contributed by atoms with Gasteiger partial charge < -0.3 is 5.32 Å². The normalized spacial score (nSPS) is 11.5. The molecule has 1 N–H and O–H groups in total. The van der Waals surface area contributed by atoms with Crippen LogP contribution in [-0.4, -0.2) is 10.2 Å². The molecule has 0 amide bonds. The zero-order valence-corrected chi connectivity index (χ0v) is 12.4. The second-order valence-electron chi connectivity index (χ2n) is 4.68. The van der Waals surface area contributed by atoms with E-state index in [1.165, 1.54) is 13.0 Å². The smallest absolute Gasteiger partial charge is 0.345 e. The third kappa shape index (κ3) is 3.24. The lowest BCUT2D eigenvalue weighted by molar-refractivity contribution is -0.137. The number of aryl methyl sites for hydroxylation is 2. The average molecular weight is 314 g/mol. The molecule has 3 nitrogen and oxygen atoms in total. The van der Waals surface area contributed by atoms with Gasteiger partial charge in [-0.05, 0) is 50.0 Å². The minimum Gasteiger partial charge on any atom is -0.345 e. The Morgan fingerprint density at radius 1 is 1.29 bits per heavy atom. The molecule has 1 aromatic heterocycles. The number of carbonyl (C=O) groups is 1. The number of nitrogens with one attached hydrogen (secondary N) is 1. The number of hydrogen-bond acceptors (Lipinski definition) is 4. The van der Waals surface area contributed by atoms with E-state index in [1.807, 2.05) is 0 Å². The quantitative estimate of drug-likeness (QED) is 0.833. The van der Waals surface area contributed by atoms with E-state index in [0.29, 0.717) is 27.5 Å². The Hall–Kier alpha value is -1.89. The maximum Gasteiger partial charge on any atom is 0.416 e. The van der Waals surface area contributed by atoms with Crippen LogP contribution in [0.2, 0.25) is 0 Å². The van der Waals surface area contributed by atoms with Gasteiger partial charge in [0.1, 0.15) is 5.00 Å². The molecule has 0 aliphatic carbocycles. The van der Waals surface area contributed by atoms with Crippen molar-refractivity contribution in [3.05, 3.63) is 40.6 Å². The van der Waals surface area contributed by atoms with Crippen molar-refractivity contribution in [2.24, 2.45) is 0 Å². The van der Waals surface area contributed by atoms with Gasteiger partial charge in [-0.25, -0.2) is 0 Å². The highest BCUT2D eigenvalue weighted by Crippen LogP contribution is 2.35. The van der Waals surface area contributed by atoms with Gasteiger partial charge in [0.2, 0.25) is 0 Å². The SMILES string of the molecule is CC(=O)c1c(C)nsc1Nc1cc(C(F)(F)F)ccc1C. The van der Waals surface area contributed by atoms with Crippen LogP contribution in [-0.2, 0) is 6.18 Å². The molecule has 0 radical (unpaired) electrons. The third-order valence-corrected chi connectivity index (χ3v) is 3.88. The Labute approximate surface area is 124 Å². The third-order valence-electron chi connectivity index (χ3n) is 3.03. The van der Waals surface area contributed by atoms with Crippen molar-refractivity contribution < 1.29 is 18.0 Å². The first kappa shape index (κ1) is 15.5. The van der Waals surface area contributed by atoms with Crippen LogP contribution >= 0.6 is 11.5 Å². The van der Waals surface area contributed by atoms with Crippen LogP contribution in [0, 0.1) is 13.8 Å². The van der Waals surface area contributed by atoms with E-state index in [1.54, 1.807) is 13.8 Å². The predicted octanol–water partition coefficient (Wildman–Crippen LogP) is 4.72. The van der Waals surface area contributed by atoms with E-state index in [0.717, 1.165) is 23.7 Å². The van der Waals surface area contributed by atoms with E-state index in [4.69, 9.17) is 0 Å². The van der Waals surface area contributed by atoms with Gasteiger partial charge in [0.25, 0.3) is 0 Å². The number of rotatable bonds is 3. The fourth-order valence-electron chi connectivity index (χ4n) is 1.92. The average Bonchev–Trinajstić information content (AvgIpc) is 2.72. The largest absolute Gasteiger partial charge is 0.416 e. The standard InChI is InChI=1S/C14H13F3N2OS/c1-7-4-5-10(14(15,16)17)6-11(7)18-13-12(9(3)20)8(2)19-21-13/h4-6,18H,1-3H3. The minimum absolute atomic E-state index is 0.173. The number of nitrogens with zero attached hydrogens (tertiary/aromatic N) is 1. The van der Waals surface area contributed by atoms with Gasteiger partial charge in [0.05, 0.1) is 16.8 Å². The molecule has 2 rings (SSSR count). The summed E-state index contributed by atoms with van der Waals surface area (Å²) >= 11 is 1.06. The molecule has 1 heterocycles. The van der Waals surface area contributed by atoms with Gasteiger partial charge in [-0.3, -0.25) is 4.79 Å². The van der Waals surface area contributed by atoms with Crippen LogP contribution in [0.4, 0.5) is 23.9 Å². The number of benzene rings is 1. The summed E-state index contributed by atoms with van der Waals surface area (Å²) in [5.41, 5.74) is 1.22. The summed E-state index contributed by atoms with van der Waals surface area (Å²) in [6, 6.07) is 3.46. The first-order valence-electron chi connectivity index (χ1n) is 6.12. The van der Waals surface area contributed by atoms with Crippen LogP contribution in [0.15, 0.2) is 18.2 Å². The Morgan fingerprint density at radius 3 is 2.52 bits per heavy atom. The van der Waals surface area contributed by atoms with Gasteiger partial charge in [-0.1, -0.05) is 6.07 Å². The first-order valence-corrected chi connectivity index (χ1v) is 6.89. The number of Topliss-reactive ketones (excluding diaryl/α,β-unsaturated/α-hetero) is 1. The van der Waals surface area contributed by atoms with Gasteiger partial charge in [0.15, 0.2) is 5.78 Å². The molecule has 0 saturated carbocycles. The van der Waals surface area contributed by atoms with E-state index < -0.39 is 11.7 Å². The molecule has 0 fully saturated rings. The molecular formula is C14H13F3N2OS. The van der Waals surface area contributed by atoms with Crippen molar-refractivity contribution in [3.63, 3.8) is 0 Å². The number of anilines is 2. The highest BCUT2D eigenvalue weighted by molar-refractivity contribution is 7.10. The van der Waals surface area contributed by atoms with E-state index in [2.05, 4.69) is 9.69 Å². The summed E-state index contributed by atoms with van der Waals surface area (Å²) in [5.74, 6) is -0.173. The van der Waals surface area contributed by atoms with Crippen molar-refractivity contribution >= 4 is 28.0 Å². The van der Waals surface area contributed by atoms with Crippen LogP contribution in [0.5, 0.6) is 0 Å². The molecule has 21 heavy (non-hydrogen) atoms. The number of aromatic nitrogens is 1. The number of hydrogen-bond donors (Lipinski definition) is 1. The summed E-state index contributed by atoms with van der Waals surface area (Å²) in [4.78, 5) is 11.6. The molecule has 112 valence electrons. The number of ketones is 1. The molecule has 0 aliphatic rings. The van der Waals surface area contributed by atoms with Crippen molar-refractivity contribution in [2.75, 3.05) is 5.32 Å². The minimum atomic E-state index is -4.41. The highest BCUT2D eigenvalue weighted by atomic mass is 32.1. The van der Waals surface area contributed by atoms with Crippen molar-refractivity contribution in [1.82, 2.24) is 4.37 Å². The van der Waals surface area contributed by atoms with Crippen LogP contribution in [0.3, 0.4) is 0 Å². The van der Waals surface area contributed by atoms with Crippen LogP contribution in [0.1, 0.15) is 34.1 Å². The lowest BCUT2D eigenvalue weighted by Gasteiger charge is -2.13. The number of halogens is 3. The highest BCUT2D eigenvalue weighted by Gasteiger charge is 2.31. The first-order chi connectivity index (χ1) is 9.70. The summed E-state index contributed by atoms with van der Waals surface area (Å²) in [6.45, 7) is 4.79. The fourth-order valence-corrected chi connectivity index (χ4v) is 2.78. The summed E-state index contributed by atoms with van der Waals surface area (Å²) in [7, 11) is 0. The maximum atomic E-state index is 12.8.